The predicted octanol–water partition coefficient (Wildman–Crippen LogP) is 5.72. The summed E-state index contributed by atoms with van der Waals surface area (Å²) in [6, 6.07) is 19.0. The Morgan fingerprint density at radius 3 is 1.16 bits per heavy atom. The molecular formula is C38H50N4O8. The second-order valence-electron chi connectivity index (χ2n) is 12.1. The van der Waals surface area contributed by atoms with Crippen LogP contribution in [0.15, 0.2) is 72.8 Å². The maximum absolute atomic E-state index is 14.6. The third kappa shape index (κ3) is 8.99. The lowest BCUT2D eigenvalue weighted by Crippen LogP contribution is -2.56. The Morgan fingerprint density at radius 2 is 0.860 bits per heavy atom. The van der Waals surface area contributed by atoms with Crippen molar-refractivity contribution in [3.63, 3.8) is 0 Å². The van der Waals surface area contributed by atoms with Gasteiger partial charge in [0.15, 0.2) is 0 Å². The number of methoxy groups -OCH3 is 2. The van der Waals surface area contributed by atoms with Crippen molar-refractivity contribution >= 4 is 35.0 Å². The molecule has 4 amide bonds. The molecule has 0 fully saturated rings. The van der Waals surface area contributed by atoms with Crippen LogP contribution in [0.5, 0.6) is 11.5 Å². The zero-order valence-electron chi connectivity index (χ0n) is 29.8. The number of nitrogens with one attached hydrogen (secondary N) is 2. The van der Waals surface area contributed by atoms with Crippen LogP contribution in [0.25, 0.3) is 0 Å². The number of carbonyl (C=O) groups is 4. The minimum atomic E-state index is -1.77. The van der Waals surface area contributed by atoms with E-state index in [4.69, 9.17) is 9.47 Å². The van der Waals surface area contributed by atoms with Gasteiger partial charge in [-0.2, -0.15) is 0 Å². The fraction of sp³-hybridized carbons (Fsp3) is 0.421. The number of carbonyl (C=O) groups excluding carboxylic acids is 4. The van der Waals surface area contributed by atoms with Crippen LogP contribution in [0, 0.1) is 0 Å². The summed E-state index contributed by atoms with van der Waals surface area (Å²) in [6.45, 7) is 7.38. The molecule has 0 saturated carbocycles. The number of anilines is 2. The first-order chi connectivity index (χ1) is 23.9. The molecule has 0 aliphatic heterocycles. The molecule has 0 spiro atoms. The van der Waals surface area contributed by atoms with E-state index in [2.05, 4.69) is 10.9 Å². The Balaban J connectivity index is 2.20. The number of ether oxygens (including phenoxy) is 2. The molecule has 3 rings (SSSR count). The van der Waals surface area contributed by atoms with Crippen molar-refractivity contribution in [2.45, 2.75) is 90.3 Å². The molecule has 50 heavy (non-hydrogen) atoms. The highest BCUT2D eigenvalue weighted by atomic mass is 16.5. The molecule has 12 nitrogen and oxygen atoms in total. The van der Waals surface area contributed by atoms with Crippen LogP contribution in [0.3, 0.4) is 0 Å². The number of hydrogen-bond acceptors (Lipinski definition) is 8. The third-order valence-electron chi connectivity index (χ3n) is 8.37. The van der Waals surface area contributed by atoms with E-state index in [9.17, 15) is 29.4 Å². The van der Waals surface area contributed by atoms with Gasteiger partial charge >= 0.3 is 0 Å². The van der Waals surface area contributed by atoms with Crippen molar-refractivity contribution in [2.24, 2.45) is 0 Å². The molecule has 0 atom stereocenters. The lowest BCUT2D eigenvalue weighted by molar-refractivity contribution is -0.141. The highest BCUT2D eigenvalue weighted by molar-refractivity contribution is 6.18. The van der Waals surface area contributed by atoms with E-state index in [1.165, 1.54) is 26.4 Å². The lowest BCUT2D eigenvalue weighted by atomic mass is 9.92. The third-order valence-corrected chi connectivity index (χ3v) is 8.37. The summed E-state index contributed by atoms with van der Waals surface area (Å²) in [5, 5.41) is 24.6. The van der Waals surface area contributed by atoms with Crippen molar-refractivity contribution in [3.05, 3.63) is 83.9 Å². The quantitative estimate of drug-likeness (QED) is 0.139. The van der Waals surface area contributed by atoms with Gasteiger partial charge < -0.3 is 19.7 Å². The minimum Gasteiger partial charge on any atom is -0.494 e. The van der Waals surface area contributed by atoms with Crippen LogP contribution in [0.2, 0.25) is 0 Å². The zero-order chi connectivity index (χ0) is 36.9. The van der Waals surface area contributed by atoms with Crippen LogP contribution in [0.4, 0.5) is 11.4 Å². The van der Waals surface area contributed by atoms with Gasteiger partial charge in [0.2, 0.25) is 0 Å². The summed E-state index contributed by atoms with van der Waals surface area (Å²) in [5.74, 6) is -2.73. The average Bonchev–Trinajstić information content (AvgIpc) is 3.12. The maximum atomic E-state index is 14.6. The van der Waals surface area contributed by atoms with E-state index in [0.29, 0.717) is 25.7 Å². The summed E-state index contributed by atoms with van der Waals surface area (Å²) in [6.07, 6.45) is 2.69. The van der Waals surface area contributed by atoms with Crippen LogP contribution in [-0.2, 0) is 9.59 Å². The van der Waals surface area contributed by atoms with Crippen molar-refractivity contribution in [3.8, 4) is 11.5 Å². The van der Waals surface area contributed by atoms with Gasteiger partial charge in [-0.1, -0.05) is 89.8 Å². The first-order valence-corrected chi connectivity index (χ1v) is 17.1. The van der Waals surface area contributed by atoms with E-state index in [-0.39, 0.29) is 59.7 Å². The molecule has 0 saturated heterocycles. The molecule has 0 heterocycles. The van der Waals surface area contributed by atoms with E-state index in [0.717, 1.165) is 10.0 Å². The molecule has 0 radical (unpaired) electrons. The number of amides is 4. The van der Waals surface area contributed by atoms with Crippen LogP contribution >= 0.6 is 0 Å². The van der Waals surface area contributed by atoms with Gasteiger partial charge in [0.05, 0.1) is 25.3 Å². The second-order valence-corrected chi connectivity index (χ2v) is 12.1. The standard InChI is InChI=1S/C38H50N4O8/c1-7-23-37(47,24-8-2)35(45)39-41(29-19-13-15-21-31(29)49-5)33(43)27-17-11-12-18-28(27)34(44)42(30-20-14-16-22-32(30)50-6)40-36(46)38(48,25-9-3)26-10-4/h11-22,47-48H,7-10,23-26H2,1-6H3,(H,39,45)(H,40,46). The molecular weight excluding hydrogens is 640 g/mol. The second kappa shape index (κ2) is 18.2. The number of aliphatic hydroxyl groups is 2. The van der Waals surface area contributed by atoms with Crippen molar-refractivity contribution in [2.75, 3.05) is 24.2 Å². The molecule has 12 heteroatoms. The first-order valence-electron chi connectivity index (χ1n) is 17.1. The topological polar surface area (TPSA) is 158 Å². The van der Waals surface area contributed by atoms with Gasteiger partial charge in [-0.25, -0.2) is 10.0 Å². The summed E-state index contributed by atoms with van der Waals surface area (Å²) >= 11 is 0. The molecule has 0 aromatic heterocycles. The monoisotopic (exact) mass is 690 g/mol. The summed E-state index contributed by atoms with van der Waals surface area (Å²) in [7, 11) is 2.83. The number of rotatable bonds is 16. The molecule has 0 unspecified atom stereocenters. The molecule has 3 aromatic rings. The minimum absolute atomic E-state index is 0.134. The SMILES string of the molecule is CCCC(O)(CCC)C(=O)NN(C(=O)c1ccccc1C(=O)N(NC(=O)C(O)(CCC)CCC)c1ccccc1OC)c1ccccc1OC. The molecule has 4 N–H and O–H groups in total. The molecule has 3 aromatic carbocycles. The lowest BCUT2D eigenvalue weighted by Gasteiger charge is -2.33. The van der Waals surface area contributed by atoms with Gasteiger partial charge in [-0.05, 0) is 62.1 Å². The number of nitrogens with zero attached hydrogens (tertiary/aromatic N) is 2. The fourth-order valence-corrected chi connectivity index (χ4v) is 5.94. The van der Waals surface area contributed by atoms with Crippen LogP contribution in [-0.4, -0.2) is 59.3 Å². The van der Waals surface area contributed by atoms with Crippen LogP contribution in [0.1, 0.15) is 99.8 Å². The Kier molecular flexibility index (Phi) is 14.4. The van der Waals surface area contributed by atoms with Crippen molar-refractivity contribution in [1.29, 1.82) is 0 Å². The highest BCUT2D eigenvalue weighted by Crippen LogP contribution is 2.32. The first kappa shape index (κ1) is 39.5. The Hall–Kier alpha value is -4.94. The van der Waals surface area contributed by atoms with E-state index in [1.54, 1.807) is 60.7 Å². The summed E-state index contributed by atoms with van der Waals surface area (Å²) in [5.41, 5.74) is 1.73. The van der Waals surface area contributed by atoms with Gasteiger partial charge in [0, 0.05) is 0 Å². The van der Waals surface area contributed by atoms with Gasteiger partial charge in [0.25, 0.3) is 23.6 Å². The number of benzene rings is 3. The fourth-order valence-electron chi connectivity index (χ4n) is 5.94. The zero-order valence-corrected chi connectivity index (χ0v) is 29.8. The van der Waals surface area contributed by atoms with E-state index in [1.807, 2.05) is 27.7 Å². The molecule has 0 bridgehead atoms. The Bertz CT molecular complexity index is 1500. The van der Waals surface area contributed by atoms with Gasteiger partial charge in [-0.3, -0.25) is 30.0 Å². The van der Waals surface area contributed by atoms with Crippen LogP contribution < -0.4 is 30.3 Å². The number of hydrogen-bond donors (Lipinski definition) is 4. The summed E-state index contributed by atoms with van der Waals surface area (Å²) in [4.78, 5) is 56.6. The number of hydrazine groups is 2. The highest BCUT2D eigenvalue weighted by Gasteiger charge is 2.39. The van der Waals surface area contributed by atoms with Gasteiger partial charge in [-0.15, -0.1) is 0 Å². The summed E-state index contributed by atoms with van der Waals surface area (Å²) < 4.78 is 11.0. The smallest absolute Gasteiger partial charge is 0.277 e. The average molecular weight is 691 g/mol. The normalized spacial score (nSPS) is 11.4. The van der Waals surface area contributed by atoms with E-state index >= 15 is 0 Å². The Labute approximate surface area is 294 Å². The molecule has 0 aliphatic carbocycles. The largest absolute Gasteiger partial charge is 0.494 e. The van der Waals surface area contributed by atoms with E-state index < -0.39 is 34.8 Å². The predicted molar refractivity (Wildman–Crippen MR) is 192 cm³/mol. The van der Waals surface area contributed by atoms with Crippen molar-refractivity contribution < 1.29 is 38.9 Å². The maximum Gasteiger partial charge on any atom is 0.277 e. The molecule has 0 aliphatic rings. The molecule has 270 valence electrons. The van der Waals surface area contributed by atoms with Gasteiger partial charge in [0.1, 0.15) is 34.1 Å². The Morgan fingerprint density at radius 1 is 0.560 bits per heavy atom. The van der Waals surface area contributed by atoms with Crippen molar-refractivity contribution in [1.82, 2.24) is 10.9 Å². The number of para-hydroxylation sites is 4.